The van der Waals surface area contributed by atoms with E-state index in [9.17, 15) is 18.3 Å². The molecule has 1 aromatic heterocycles. The summed E-state index contributed by atoms with van der Waals surface area (Å²) in [6.07, 6.45) is -4.61. The Morgan fingerprint density at radius 3 is 2.65 bits per heavy atom. The molecule has 2 aromatic carbocycles. The predicted octanol–water partition coefficient (Wildman–Crippen LogP) is 6.09. The van der Waals surface area contributed by atoms with Crippen molar-refractivity contribution >= 4 is 28.4 Å². The summed E-state index contributed by atoms with van der Waals surface area (Å²) in [7, 11) is 0. The van der Waals surface area contributed by atoms with Crippen LogP contribution in [-0.4, -0.2) is 34.2 Å². The Labute approximate surface area is 184 Å². The molecular weight excluding hydrogens is 421 g/mol. The van der Waals surface area contributed by atoms with E-state index in [1.54, 1.807) is 23.9 Å². The predicted molar refractivity (Wildman–Crippen MR) is 120 cm³/mol. The number of benzene rings is 2. The molecule has 7 heteroatoms. The van der Waals surface area contributed by atoms with E-state index < -0.39 is 30.2 Å². The molecule has 31 heavy (non-hydrogen) atoms. The molecule has 4 rings (SSSR count). The quantitative estimate of drug-likeness (QED) is 0.498. The van der Waals surface area contributed by atoms with E-state index in [-0.39, 0.29) is 0 Å². The lowest BCUT2D eigenvalue weighted by atomic mass is 9.71. The number of nitrogens with one attached hydrogen (secondary N) is 1. The van der Waals surface area contributed by atoms with Gasteiger partial charge in [0, 0.05) is 21.7 Å². The van der Waals surface area contributed by atoms with Gasteiger partial charge in [0.25, 0.3) is 0 Å². The second-order valence-corrected chi connectivity index (χ2v) is 9.68. The fourth-order valence-corrected chi connectivity index (χ4v) is 5.77. The van der Waals surface area contributed by atoms with Crippen LogP contribution in [0.2, 0.25) is 0 Å². The summed E-state index contributed by atoms with van der Waals surface area (Å²) in [5.41, 5.74) is -0.720. The molecule has 0 spiro atoms. The Kier molecular flexibility index (Phi) is 5.68. The van der Waals surface area contributed by atoms with Crippen LogP contribution in [-0.2, 0) is 5.41 Å². The van der Waals surface area contributed by atoms with Gasteiger partial charge >= 0.3 is 6.18 Å². The van der Waals surface area contributed by atoms with E-state index in [0.717, 1.165) is 27.3 Å². The maximum Gasteiger partial charge on any atom is 0.418 e. The minimum absolute atomic E-state index is 0.407. The number of aryl methyl sites for hydroxylation is 1. The Bertz CT molecular complexity index is 1100. The largest absolute Gasteiger partial charge is 0.418 e. The molecule has 3 aromatic rings. The number of alkyl halides is 3. The summed E-state index contributed by atoms with van der Waals surface area (Å²) in [6.45, 7) is 3.06. The number of thioether (sulfide) groups is 1. The number of halogens is 3. The van der Waals surface area contributed by atoms with Crippen molar-refractivity contribution in [3.05, 3.63) is 65.9 Å². The maximum atomic E-state index is 14.2. The lowest BCUT2D eigenvalue weighted by Gasteiger charge is -2.42. The molecule has 0 saturated carbocycles. The smallest absolute Gasteiger partial charge is 0.381 e. The van der Waals surface area contributed by atoms with Crippen LogP contribution < -0.4 is 5.32 Å². The van der Waals surface area contributed by atoms with Crippen LogP contribution in [0.15, 0.2) is 59.5 Å². The highest BCUT2D eigenvalue weighted by Crippen LogP contribution is 2.48. The van der Waals surface area contributed by atoms with Crippen LogP contribution in [0.1, 0.15) is 31.0 Å². The molecule has 2 N–H and O–H groups in total. The van der Waals surface area contributed by atoms with Crippen molar-refractivity contribution in [3.8, 4) is 0 Å². The molecule has 0 radical (unpaired) electrons. The van der Waals surface area contributed by atoms with Gasteiger partial charge in [-0.3, -0.25) is 4.98 Å². The lowest BCUT2D eigenvalue weighted by molar-refractivity contribution is -0.261. The number of aliphatic hydroxyl groups is 1. The van der Waals surface area contributed by atoms with E-state index in [1.165, 1.54) is 0 Å². The van der Waals surface area contributed by atoms with Gasteiger partial charge in [0.15, 0.2) is 5.60 Å². The monoisotopic (exact) mass is 446 g/mol. The first-order chi connectivity index (χ1) is 14.6. The molecule has 0 saturated heterocycles. The van der Waals surface area contributed by atoms with Crippen molar-refractivity contribution in [1.29, 1.82) is 0 Å². The van der Waals surface area contributed by atoms with Gasteiger partial charge in [0.2, 0.25) is 0 Å². The van der Waals surface area contributed by atoms with E-state index in [1.807, 2.05) is 56.3 Å². The van der Waals surface area contributed by atoms with Crippen LogP contribution in [0.3, 0.4) is 0 Å². The van der Waals surface area contributed by atoms with E-state index in [2.05, 4.69) is 10.3 Å². The molecule has 2 heterocycles. The first-order valence-electron chi connectivity index (χ1n) is 10.2. The zero-order valence-corrected chi connectivity index (χ0v) is 18.3. The van der Waals surface area contributed by atoms with E-state index >= 15 is 0 Å². The third kappa shape index (κ3) is 4.26. The number of aromatic nitrogens is 1. The summed E-state index contributed by atoms with van der Waals surface area (Å²) in [5, 5.41) is 14.6. The lowest BCUT2D eigenvalue weighted by Crippen LogP contribution is -2.54. The number of fused-ring (bicyclic) bond motifs is 2. The minimum Gasteiger partial charge on any atom is -0.381 e. The molecule has 0 fully saturated rings. The van der Waals surface area contributed by atoms with Crippen molar-refractivity contribution < 1.29 is 18.3 Å². The summed E-state index contributed by atoms with van der Waals surface area (Å²) >= 11 is 1.65. The summed E-state index contributed by atoms with van der Waals surface area (Å²) < 4.78 is 42.5. The topological polar surface area (TPSA) is 45.1 Å². The fourth-order valence-electron chi connectivity index (χ4n) is 4.36. The van der Waals surface area contributed by atoms with Crippen LogP contribution in [0.4, 0.5) is 18.9 Å². The van der Waals surface area contributed by atoms with Gasteiger partial charge in [-0.2, -0.15) is 13.2 Å². The zero-order valence-electron chi connectivity index (χ0n) is 17.5. The highest BCUT2D eigenvalue weighted by molar-refractivity contribution is 7.99. The fraction of sp³-hybridized carbons (Fsp3) is 0.375. The zero-order chi connectivity index (χ0) is 22.3. The standard InChI is InChI=1S/C24H25F3N2OS/c1-16-10-11-17-19(7-5-8-20(17)29-16)28-15-23(30,24(25,26)27)14-22(2)12-13-31-21-9-4-3-6-18(21)22/h3-11,28,30H,12-15H2,1-2H3. The first kappa shape index (κ1) is 22.0. The molecule has 1 aliphatic rings. The maximum absolute atomic E-state index is 14.2. The third-order valence-electron chi connectivity index (χ3n) is 6.10. The van der Waals surface area contributed by atoms with E-state index in [4.69, 9.17) is 0 Å². The highest BCUT2D eigenvalue weighted by atomic mass is 32.2. The van der Waals surface area contributed by atoms with Gasteiger partial charge in [-0.15, -0.1) is 11.8 Å². The van der Waals surface area contributed by atoms with Gasteiger partial charge in [-0.1, -0.05) is 31.2 Å². The first-order valence-corrected chi connectivity index (χ1v) is 11.2. The Morgan fingerprint density at radius 1 is 1.10 bits per heavy atom. The number of rotatable bonds is 5. The van der Waals surface area contributed by atoms with Crippen molar-refractivity contribution in [1.82, 2.24) is 4.98 Å². The normalized spacial score (nSPS) is 20.8. The van der Waals surface area contributed by atoms with Crippen molar-refractivity contribution in [2.24, 2.45) is 0 Å². The van der Waals surface area contributed by atoms with Crippen LogP contribution in [0.25, 0.3) is 10.9 Å². The molecule has 0 aliphatic carbocycles. The minimum atomic E-state index is -4.78. The van der Waals surface area contributed by atoms with Crippen molar-refractivity contribution in [3.63, 3.8) is 0 Å². The van der Waals surface area contributed by atoms with Gasteiger partial charge in [-0.25, -0.2) is 0 Å². The van der Waals surface area contributed by atoms with Crippen LogP contribution in [0, 0.1) is 6.92 Å². The molecule has 0 amide bonds. The number of hydrogen-bond donors (Lipinski definition) is 2. The summed E-state index contributed by atoms with van der Waals surface area (Å²) in [4.78, 5) is 5.42. The number of nitrogens with zero attached hydrogens (tertiary/aromatic N) is 1. The number of anilines is 1. The highest BCUT2D eigenvalue weighted by Gasteiger charge is 2.57. The van der Waals surface area contributed by atoms with Crippen molar-refractivity contribution in [2.75, 3.05) is 17.6 Å². The Morgan fingerprint density at radius 2 is 1.87 bits per heavy atom. The second-order valence-electron chi connectivity index (χ2n) is 8.54. The number of hydrogen-bond acceptors (Lipinski definition) is 4. The third-order valence-corrected chi connectivity index (χ3v) is 7.18. The average molecular weight is 447 g/mol. The van der Waals surface area contributed by atoms with Gasteiger partial charge in [0.05, 0.1) is 12.1 Å². The summed E-state index contributed by atoms with van der Waals surface area (Å²) in [5.74, 6) is 0.725. The van der Waals surface area contributed by atoms with Gasteiger partial charge in [0.1, 0.15) is 0 Å². The molecule has 1 aliphatic heterocycles. The molecule has 0 bridgehead atoms. The molecule has 164 valence electrons. The molecular formula is C24H25F3N2OS. The van der Waals surface area contributed by atoms with Gasteiger partial charge < -0.3 is 10.4 Å². The van der Waals surface area contributed by atoms with Gasteiger partial charge in [-0.05, 0) is 66.8 Å². The Balaban J connectivity index is 1.64. The summed E-state index contributed by atoms with van der Waals surface area (Å²) in [6, 6.07) is 16.5. The van der Waals surface area contributed by atoms with E-state index in [0.29, 0.717) is 17.6 Å². The second kappa shape index (κ2) is 8.02. The number of pyridine rings is 1. The molecule has 2 unspecified atom stereocenters. The molecule has 2 atom stereocenters. The van der Waals surface area contributed by atoms with Crippen molar-refractivity contribution in [2.45, 2.75) is 48.8 Å². The SMILES string of the molecule is Cc1ccc2c(NCC(O)(CC3(C)CCSc4ccccc43)C(F)(F)F)cccc2n1. The Hall–Kier alpha value is -2.25. The molecule has 3 nitrogen and oxygen atoms in total. The average Bonchev–Trinajstić information content (AvgIpc) is 2.71. The van der Waals surface area contributed by atoms with Crippen LogP contribution in [0.5, 0.6) is 0 Å². The van der Waals surface area contributed by atoms with Crippen LogP contribution >= 0.6 is 11.8 Å².